The van der Waals surface area contributed by atoms with Crippen molar-refractivity contribution in [2.45, 2.75) is 52.5 Å². The van der Waals surface area contributed by atoms with E-state index in [0.29, 0.717) is 25.1 Å². The van der Waals surface area contributed by atoms with Crippen LogP contribution in [0.1, 0.15) is 46.5 Å². The minimum atomic E-state index is -0.0178. The van der Waals surface area contributed by atoms with E-state index in [1.165, 1.54) is 12.8 Å². The zero-order valence-corrected chi connectivity index (χ0v) is 21.0. The van der Waals surface area contributed by atoms with Crippen LogP contribution in [0, 0.1) is 11.3 Å². The molecule has 2 saturated heterocycles. The Morgan fingerprint density at radius 1 is 1.10 bits per heavy atom. The van der Waals surface area contributed by atoms with Gasteiger partial charge in [-0.15, -0.1) is 24.0 Å². The lowest BCUT2D eigenvalue weighted by Gasteiger charge is -2.39. The summed E-state index contributed by atoms with van der Waals surface area (Å²) in [6.45, 7) is 14.4. The number of aliphatic hydroxyl groups is 1. The van der Waals surface area contributed by atoms with Gasteiger partial charge in [0.15, 0.2) is 5.96 Å². The molecule has 3 N–H and O–H groups in total. The third-order valence-electron chi connectivity index (χ3n) is 6.33. The highest BCUT2D eigenvalue weighted by Crippen LogP contribution is 2.32. The fourth-order valence-electron chi connectivity index (χ4n) is 4.41. The molecule has 29 heavy (non-hydrogen) atoms. The maximum atomic E-state index is 9.45. The zero-order chi connectivity index (χ0) is 20.2. The van der Waals surface area contributed by atoms with Gasteiger partial charge in [0.1, 0.15) is 0 Å². The molecule has 2 aliphatic rings. The average molecular weight is 527 g/mol. The van der Waals surface area contributed by atoms with Crippen LogP contribution in [-0.4, -0.2) is 87.8 Å². The number of nitrogens with one attached hydrogen (secondary N) is 2. The van der Waals surface area contributed by atoms with Gasteiger partial charge in [0.2, 0.25) is 0 Å². The van der Waals surface area contributed by atoms with Crippen LogP contribution in [-0.2, 0) is 9.47 Å². The lowest BCUT2D eigenvalue weighted by molar-refractivity contribution is 0.00271. The average Bonchev–Trinajstić information content (AvgIpc) is 3.19. The molecule has 2 heterocycles. The second kappa shape index (κ2) is 14.8. The molecule has 0 aliphatic carbocycles. The van der Waals surface area contributed by atoms with E-state index in [-0.39, 0.29) is 36.0 Å². The fourth-order valence-corrected chi connectivity index (χ4v) is 4.41. The van der Waals surface area contributed by atoms with Gasteiger partial charge in [-0.3, -0.25) is 9.89 Å². The summed E-state index contributed by atoms with van der Waals surface area (Å²) >= 11 is 0. The highest BCUT2D eigenvalue weighted by Gasteiger charge is 2.34. The van der Waals surface area contributed by atoms with E-state index in [9.17, 15) is 5.11 Å². The summed E-state index contributed by atoms with van der Waals surface area (Å²) in [5, 5.41) is 16.4. The Hall–Kier alpha value is -0.160. The SMILES string of the molecule is CCNC(=NCC1(CCO)CCOC1)NCC(C(CC)CC)N1CCOCC1.I. The van der Waals surface area contributed by atoms with Gasteiger partial charge in [0, 0.05) is 50.8 Å². The second-order valence-electron chi connectivity index (χ2n) is 8.14. The predicted molar refractivity (Wildman–Crippen MR) is 129 cm³/mol. The number of halogens is 1. The Labute approximate surface area is 194 Å². The number of rotatable bonds is 11. The number of nitrogens with zero attached hydrogens (tertiary/aromatic N) is 2. The largest absolute Gasteiger partial charge is 0.396 e. The fraction of sp³-hybridized carbons (Fsp3) is 0.952. The quantitative estimate of drug-likeness (QED) is 0.218. The van der Waals surface area contributed by atoms with Crippen molar-refractivity contribution in [3.05, 3.63) is 0 Å². The second-order valence-corrected chi connectivity index (χ2v) is 8.14. The molecule has 0 bridgehead atoms. The standard InChI is InChI=1S/C21H42N4O3.HI/c1-4-18(5-2)19(25-9-13-27-14-10-25)15-23-20(22-6-3)24-16-21(7-11-26)8-12-28-17-21;/h18-19,26H,4-17H2,1-3H3,(H2,22,23,24);1H. The van der Waals surface area contributed by atoms with Crippen molar-refractivity contribution >= 4 is 29.9 Å². The Bertz CT molecular complexity index is 451. The third-order valence-corrected chi connectivity index (χ3v) is 6.33. The van der Waals surface area contributed by atoms with E-state index < -0.39 is 0 Å². The summed E-state index contributed by atoms with van der Waals surface area (Å²) in [4.78, 5) is 7.45. The molecule has 0 aromatic rings. The van der Waals surface area contributed by atoms with Crippen molar-refractivity contribution in [1.29, 1.82) is 0 Å². The minimum Gasteiger partial charge on any atom is -0.396 e. The van der Waals surface area contributed by atoms with E-state index in [4.69, 9.17) is 14.5 Å². The molecule has 2 unspecified atom stereocenters. The predicted octanol–water partition coefficient (Wildman–Crippen LogP) is 2.09. The van der Waals surface area contributed by atoms with Crippen LogP contribution in [0.5, 0.6) is 0 Å². The van der Waals surface area contributed by atoms with Crippen molar-refractivity contribution in [2.24, 2.45) is 16.3 Å². The normalized spacial score (nSPS) is 24.4. The van der Waals surface area contributed by atoms with E-state index in [1.54, 1.807) is 0 Å². The number of ether oxygens (including phenoxy) is 2. The first-order valence-corrected chi connectivity index (χ1v) is 11.2. The molecule has 2 fully saturated rings. The molecule has 8 heteroatoms. The Morgan fingerprint density at radius 3 is 2.38 bits per heavy atom. The van der Waals surface area contributed by atoms with Crippen LogP contribution in [0.2, 0.25) is 0 Å². The Balaban J connectivity index is 0.00000420. The highest BCUT2D eigenvalue weighted by atomic mass is 127. The number of aliphatic imine (C=N–C) groups is 1. The summed E-state index contributed by atoms with van der Waals surface area (Å²) < 4.78 is 11.2. The molecule has 2 atom stereocenters. The zero-order valence-electron chi connectivity index (χ0n) is 18.6. The van der Waals surface area contributed by atoms with Gasteiger partial charge in [-0.05, 0) is 25.7 Å². The lowest BCUT2D eigenvalue weighted by atomic mass is 9.84. The highest BCUT2D eigenvalue weighted by molar-refractivity contribution is 14.0. The molecule has 172 valence electrons. The van der Waals surface area contributed by atoms with Gasteiger partial charge < -0.3 is 25.2 Å². The van der Waals surface area contributed by atoms with Crippen molar-refractivity contribution < 1.29 is 14.6 Å². The molecule has 0 amide bonds. The van der Waals surface area contributed by atoms with Crippen molar-refractivity contribution in [1.82, 2.24) is 15.5 Å². The molecule has 7 nitrogen and oxygen atoms in total. The van der Waals surface area contributed by atoms with Gasteiger partial charge in [-0.1, -0.05) is 26.7 Å². The summed E-state index contributed by atoms with van der Waals surface area (Å²) in [5.41, 5.74) is -0.0178. The number of hydrogen-bond acceptors (Lipinski definition) is 5. The van der Waals surface area contributed by atoms with Crippen LogP contribution in [0.4, 0.5) is 0 Å². The molecule has 2 aliphatic heterocycles. The molecule has 0 aromatic carbocycles. The topological polar surface area (TPSA) is 78.4 Å². The molecule has 0 spiro atoms. The number of hydrogen-bond donors (Lipinski definition) is 3. The first-order chi connectivity index (χ1) is 13.7. The first-order valence-electron chi connectivity index (χ1n) is 11.2. The monoisotopic (exact) mass is 526 g/mol. The van der Waals surface area contributed by atoms with E-state index in [1.807, 2.05) is 0 Å². The lowest BCUT2D eigenvalue weighted by Crippen LogP contribution is -2.53. The maximum absolute atomic E-state index is 9.45. The Kier molecular flexibility index (Phi) is 13.7. The number of morpholine rings is 1. The van der Waals surface area contributed by atoms with E-state index >= 15 is 0 Å². The van der Waals surface area contributed by atoms with E-state index in [0.717, 1.165) is 64.8 Å². The minimum absolute atomic E-state index is 0. The summed E-state index contributed by atoms with van der Waals surface area (Å²) in [6, 6.07) is 0.490. The molecule has 0 saturated carbocycles. The van der Waals surface area contributed by atoms with Gasteiger partial charge in [-0.25, -0.2) is 0 Å². The molecule has 0 radical (unpaired) electrons. The van der Waals surface area contributed by atoms with Crippen molar-refractivity contribution in [3.63, 3.8) is 0 Å². The third kappa shape index (κ3) is 8.47. The summed E-state index contributed by atoms with van der Waals surface area (Å²) in [7, 11) is 0. The number of aliphatic hydroxyl groups excluding tert-OH is 1. The summed E-state index contributed by atoms with van der Waals surface area (Å²) in [6.07, 6.45) is 4.09. The van der Waals surface area contributed by atoms with E-state index in [2.05, 4.69) is 36.3 Å². The number of guanidine groups is 1. The molecule has 0 aromatic heterocycles. The molecular formula is C21H43IN4O3. The smallest absolute Gasteiger partial charge is 0.191 e. The van der Waals surface area contributed by atoms with Gasteiger partial charge in [0.25, 0.3) is 0 Å². The van der Waals surface area contributed by atoms with Crippen LogP contribution in [0.25, 0.3) is 0 Å². The van der Waals surface area contributed by atoms with Gasteiger partial charge >= 0.3 is 0 Å². The van der Waals surface area contributed by atoms with Gasteiger partial charge in [0.05, 0.1) is 26.4 Å². The van der Waals surface area contributed by atoms with Crippen LogP contribution in [0.3, 0.4) is 0 Å². The molecular weight excluding hydrogens is 483 g/mol. The Morgan fingerprint density at radius 2 is 1.83 bits per heavy atom. The van der Waals surface area contributed by atoms with Crippen molar-refractivity contribution in [3.8, 4) is 0 Å². The maximum Gasteiger partial charge on any atom is 0.191 e. The van der Waals surface area contributed by atoms with Crippen LogP contribution < -0.4 is 10.6 Å². The van der Waals surface area contributed by atoms with Crippen LogP contribution in [0.15, 0.2) is 4.99 Å². The first kappa shape index (κ1) is 26.9. The summed E-state index contributed by atoms with van der Waals surface area (Å²) in [5.74, 6) is 1.54. The van der Waals surface area contributed by atoms with Gasteiger partial charge in [-0.2, -0.15) is 0 Å². The molecule has 2 rings (SSSR count). The van der Waals surface area contributed by atoms with Crippen LogP contribution >= 0.6 is 24.0 Å². The van der Waals surface area contributed by atoms with Crippen molar-refractivity contribution in [2.75, 3.05) is 65.8 Å².